The Hall–Kier alpha value is 0.287. The third kappa shape index (κ3) is 3.80. The van der Waals surface area contributed by atoms with Crippen LogP contribution >= 0.6 is 22.2 Å². The molecule has 0 aromatic rings. The zero-order valence-corrected chi connectivity index (χ0v) is 10.9. The van der Waals surface area contributed by atoms with Crippen molar-refractivity contribution in [2.24, 2.45) is 0 Å². The van der Waals surface area contributed by atoms with Gasteiger partial charge in [0.15, 0.2) is 0 Å². The van der Waals surface area contributed by atoms with Gasteiger partial charge in [-0.25, -0.2) is 0 Å². The Bertz CT molecular complexity index is 207. The van der Waals surface area contributed by atoms with E-state index in [1.54, 1.807) is 0 Å². The first kappa shape index (κ1) is 12.4. The Kier molecular flexibility index (Phi) is 5.29. The highest BCUT2D eigenvalue weighted by Gasteiger charge is 2.38. The largest absolute Gasteiger partial charge is 0.254 e. The minimum atomic E-state index is -2.05. The second kappa shape index (κ2) is 6.00. The minimum absolute atomic E-state index is 0.582. The van der Waals surface area contributed by atoms with Gasteiger partial charge < -0.3 is 0 Å². The maximum Gasteiger partial charge on any atom is 0.254 e. The fraction of sp³-hybridized carbons (Fsp3) is 0.900. The number of hydrogen-bond acceptors (Lipinski definition) is 1. The molecule has 1 rings (SSSR count). The molecule has 0 N–H and O–H groups in total. The topological polar surface area (TPSA) is 23.8 Å². The van der Waals surface area contributed by atoms with E-state index in [0.717, 1.165) is 12.5 Å². The summed E-state index contributed by atoms with van der Waals surface area (Å²) in [5.41, 5.74) is 0.582. The molecular formula is C10H17Cl2NSi. The third-order valence-corrected chi connectivity index (χ3v) is 8.78. The van der Waals surface area contributed by atoms with Crippen molar-refractivity contribution in [1.29, 1.82) is 5.26 Å². The van der Waals surface area contributed by atoms with Crippen LogP contribution in [0.5, 0.6) is 0 Å². The van der Waals surface area contributed by atoms with Gasteiger partial charge in [0, 0.05) is 6.42 Å². The molecule has 14 heavy (non-hydrogen) atoms. The Balaban J connectivity index is 2.34. The average molecular weight is 250 g/mol. The normalized spacial score (nSPS) is 19.2. The van der Waals surface area contributed by atoms with E-state index in [2.05, 4.69) is 6.07 Å². The summed E-state index contributed by atoms with van der Waals surface area (Å²) in [5.74, 6) is 0. The highest BCUT2D eigenvalue weighted by molar-refractivity contribution is 7.46. The number of nitrogens with zero attached hydrogens (tertiary/aromatic N) is 1. The molecular weight excluding hydrogens is 233 g/mol. The summed E-state index contributed by atoms with van der Waals surface area (Å²) in [6, 6.07) is 3.05. The summed E-state index contributed by atoms with van der Waals surface area (Å²) in [7, 11) is 0. The van der Waals surface area contributed by atoms with Gasteiger partial charge in [0.2, 0.25) is 0 Å². The lowest BCUT2D eigenvalue weighted by Gasteiger charge is -2.30. The number of unbranched alkanes of at least 4 members (excludes halogenated alkanes) is 1. The van der Waals surface area contributed by atoms with Gasteiger partial charge in [-0.15, -0.1) is 22.2 Å². The van der Waals surface area contributed by atoms with Gasteiger partial charge >= 0.3 is 0 Å². The highest BCUT2D eigenvalue weighted by atomic mass is 35.7. The number of hydrogen-bond donors (Lipinski definition) is 0. The SMILES string of the molecule is N#CCCC[Si](Cl)(Cl)C1CCCCC1. The van der Waals surface area contributed by atoms with E-state index >= 15 is 0 Å². The lowest BCUT2D eigenvalue weighted by atomic mass is 10.0. The van der Waals surface area contributed by atoms with Crippen molar-refractivity contribution in [2.45, 2.75) is 56.5 Å². The van der Waals surface area contributed by atoms with Gasteiger partial charge in [-0.3, -0.25) is 0 Å². The van der Waals surface area contributed by atoms with Crippen LogP contribution in [0.3, 0.4) is 0 Å². The molecule has 0 unspecified atom stereocenters. The van der Waals surface area contributed by atoms with Crippen LogP contribution in [0.25, 0.3) is 0 Å². The first-order valence-electron chi connectivity index (χ1n) is 5.41. The second-order valence-corrected chi connectivity index (χ2v) is 11.6. The molecule has 0 aromatic carbocycles. The molecule has 0 spiro atoms. The summed E-state index contributed by atoms with van der Waals surface area (Å²) in [6.07, 6.45) is 7.83. The van der Waals surface area contributed by atoms with E-state index in [1.165, 1.54) is 32.1 Å². The Labute approximate surface area is 96.8 Å². The van der Waals surface area contributed by atoms with E-state index < -0.39 is 6.69 Å². The maximum absolute atomic E-state index is 8.45. The summed E-state index contributed by atoms with van der Waals surface area (Å²) >= 11 is 12.9. The van der Waals surface area contributed by atoms with Crippen LogP contribution in [0.4, 0.5) is 0 Å². The second-order valence-electron chi connectivity index (χ2n) is 4.11. The molecule has 0 aromatic heterocycles. The van der Waals surface area contributed by atoms with Crippen molar-refractivity contribution >= 4 is 28.9 Å². The zero-order chi connectivity index (χ0) is 10.4. The minimum Gasteiger partial charge on any atom is -0.198 e. The fourth-order valence-corrected chi connectivity index (χ4v) is 6.55. The summed E-state index contributed by atoms with van der Waals surface area (Å²) < 4.78 is 0. The van der Waals surface area contributed by atoms with Gasteiger partial charge in [-0.2, -0.15) is 5.26 Å². The molecule has 1 aliphatic carbocycles. The van der Waals surface area contributed by atoms with Gasteiger partial charge in [-0.05, 0) is 18.0 Å². The van der Waals surface area contributed by atoms with Crippen molar-refractivity contribution in [3.63, 3.8) is 0 Å². The molecule has 0 amide bonds. The predicted octanol–water partition coefficient (Wildman–Crippen LogP) is 4.54. The molecule has 0 aliphatic heterocycles. The van der Waals surface area contributed by atoms with Crippen molar-refractivity contribution in [2.75, 3.05) is 0 Å². The van der Waals surface area contributed by atoms with E-state index in [0.29, 0.717) is 12.0 Å². The predicted molar refractivity (Wildman–Crippen MR) is 63.9 cm³/mol. The van der Waals surface area contributed by atoms with Crippen LogP contribution in [-0.2, 0) is 0 Å². The standard InChI is InChI=1S/C10H17Cl2NSi/c11-14(12,9-5-4-8-13)10-6-2-1-3-7-10/h10H,1-7,9H2. The van der Waals surface area contributed by atoms with E-state index in [1.807, 2.05) is 0 Å². The van der Waals surface area contributed by atoms with Crippen molar-refractivity contribution < 1.29 is 0 Å². The van der Waals surface area contributed by atoms with Gasteiger partial charge in [-0.1, -0.05) is 32.1 Å². The quantitative estimate of drug-likeness (QED) is 0.408. The van der Waals surface area contributed by atoms with Crippen molar-refractivity contribution in [1.82, 2.24) is 0 Å². The third-order valence-electron chi connectivity index (χ3n) is 3.00. The summed E-state index contributed by atoms with van der Waals surface area (Å²) in [5, 5.41) is 8.45. The Morgan fingerprint density at radius 1 is 1.21 bits per heavy atom. The van der Waals surface area contributed by atoms with Gasteiger partial charge in [0.1, 0.15) is 0 Å². The van der Waals surface area contributed by atoms with E-state index in [4.69, 9.17) is 27.4 Å². The molecule has 1 saturated carbocycles. The maximum atomic E-state index is 8.45. The lowest BCUT2D eigenvalue weighted by molar-refractivity contribution is 0.496. The van der Waals surface area contributed by atoms with Crippen LogP contribution in [0.1, 0.15) is 44.9 Å². The number of nitriles is 1. The number of rotatable bonds is 4. The zero-order valence-electron chi connectivity index (χ0n) is 8.44. The molecule has 80 valence electrons. The monoisotopic (exact) mass is 249 g/mol. The Morgan fingerprint density at radius 2 is 1.86 bits per heavy atom. The molecule has 4 heteroatoms. The van der Waals surface area contributed by atoms with Gasteiger partial charge in [0.25, 0.3) is 6.69 Å². The molecule has 1 aliphatic rings. The Morgan fingerprint density at radius 3 is 2.43 bits per heavy atom. The van der Waals surface area contributed by atoms with Crippen LogP contribution in [-0.4, -0.2) is 6.69 Å². The lowest BCUT2D eigenvalue weighted by Crippen LogP contribution is -2.28. The summed E-state index contributed by atoms with van der Waals surface area (Å²) in [6.45, 7) is -2.05. The van der Waals surface area contributed by atoms with E-state index in [9.17, 15) is 0 Å². The van der Waals surface area contributed by atoms with Crippen LogP contribution < -0.4 is 0 Å². The summed E-state index contributed by atoms with van der Waals surface area (Å²) in [4.78, 5) is 0. The molecule has 0 atom stereocenters. The molecule has 0 bridgehead atoms. The smallest absolute Gasteiger partial charge is 0.198 e. The molecule has 1 fully saturated rings. The highest BCUT2D eigenvalue weighted by Crippen LogP contribution is 2.44. The molecule has 0 heterocycles. The van der Waals surface area contributed by atoms with Crippen molar-refractivity contribution in [3.8, 4) is 6.07 Å². The van der Waals surface area contributed by atoms with Crippen LogP contribution in [0.2, 0.25) is 11.6 Å². The number of halogens is 2. The molecule has 0 radical (unpaired) electrons. The van der Waals surface area contributed by atoms with Crippen LogP contribution in [0, 0.1) is 11.3 Å². The van der Waals surface area contributed by atoms with Crippen LogP contribution in [0.15, 0.2) is 0 Å². The average Bonchev–Trinajstić information content (AvgIpc) is 2.19. The first-order chi connectivity index (χ1) is 6.67. The molecule has 1 nitrogen and oxygen atoms in total. The molecule has 0 saturated heterocycles. The fourth-order valence-electron chi connectivity index (χ4n) is 2.13. The first-order valence-corrected chi connectivity index (χ1v) is 9.72. The van der Waals surface area contributed by atoms with E-state index in [-0.39, 0.29) is 0 Å². The van der Waals surface area contributed by atoms with Gasteiger partial charge in [0.05, 0.1) is 6.07 Å². The van der Waals surface area contributed by atoms with Crippen molar-refractivity contribution in [3.05, 3.63) is 0 Å².